The highest BCUT2D eigenvalue weighted by molar-refractivity contribution is 5.78. The largest absolute Gasteiger partial charge is 0.493 e. The van der Waals surface area contributed by atoms with E-state index in [-0.39, 0.29) is 6.04 Å². The molecule has 24 heavy (non-hydrogen) atoms. The predicted octanol–water partition coefficient (Wildman–Crippen LogP) is 2.94. The van der Waals surface area contributed by atoms with Crippen LogP contribution in [-0.2, 0) is 6.42 Å². The first kappa shape index (κ1) is 16.2. The lowest BCUT2D eigenvalue weighted by molar-refractivity contribution is 0.262. The summed E-state index contributed by atoms with van der Waals surface area (Å²) >= 11 is 0. The summed E-state index contributed by atoms with van der Waals surface area (Å²) in [7, 11) is 0. The average molecular weight is 331 g/mol. The third-order valence-electron chi connectivity index (χ3n) is 3.96. The maximum absolute atomic E-state index is 13.6. The fourth-order valence-electron chi connectivity index (χ4n) is 2.74. The van der Waals surface area contributed by atoms with Crippen molar-refractivity contribution < 1.29 is 13.5 Å². The van der Waals surface area contributed by atoms with Crippen molar-refractivity contribution in [2.45, 2.75) is 18.9 Å². The molecule has 126 valence electrons. The zero-order chi connectivity index (χ0) is 16.9. The first-order valence-electron chi connectivity index (χ1n) is 7.85. The third-order valence-corrected chi connectivity index (χ3v) is 3.96. The van der Waals surface area contributed by atoms with E-state index >= 15 is 0 Å². The minimum Gasteiger partial charge on any atom is -0.493 e. The number of nitrogens with zero attached hydrogens (tertiary/aromatic N) is 1. The molecule has 0 amide bonds. The highest BCUT2D eigenvalue weighted by atomic mass is 19.1. The normalized spacial score (nSPS) is 17.1. The molecular formula is C18H19F2N3O. The van der Waals surface area contributed by atoms with Gasteiger partial charge in [-0.3, -0.25) is 4.99 Å². The van der Waals surface area contributed by atoms with E-state index in [2.05, 4.69) is 10.3 Å². The molecular weight excluding hydrogens is 312 g/mol. The standard InChI is InChI=1S/C18H19F2N3O/c19-13-6-5-12(15(20)11-13)7-9-22-18(21)23-16-8-10-24-17-4-2-1-3-14(16)17/h1-6,11,16H,7-10H2,(H3,21,22,23). The smallest absolute Gasteiger partial charge is 0.189 e. The number of rotatable bonds is 4. The summed E-state index contributed by atoms with van der Waals surface area (Å²) in [6, 6.07) is 11.4. The molecule has 0 aliphatic carbocycles. The molecule has 0 radical (unpaired) electrons. The Morgan fingerprint density at radius 2 is 2.08 bits per heavy atom. The number of hydrogen-bond acceptors (Lipinski definition) is 2. The van der Waals surface area contributed by atoms with Crippen molar-refractivity contribution in [2.24, 2.45) is 10.7 Å². The van der Waals surface area contributed by atoms with E-state index in [1.54, 1.807) is 0 Å². The van der Waals surface area contributed by atoms with Crippen molar-refractivity contribution in [2.75, 3.05) is 13.2 Å². The van der Waals surface area contributed by atoms with Gasteiger partial charge in [-0.25, -0.2) is 8.78 Å². The second-order valence-electron chi connectivity index (χ2n) is 5.62. The topological polar surface area (TPSA) is 59.6 Å². The van der Waals surface area contributed by atoms with E-state index in [1.165, 1.54) is 12.1 Å². The van der Waals surface area contributed by atoms with Crippen LogP contribution in [0.2, 0.25) is 0 Å². The van der Waals surface area contributed by atoms with E-state index in [9.17, 15) is 8.78 Å². The van der Waals surface area contributed by atoms with Gasteiger partial charge in [-0.15, -0.1) is 0 Å². The molecule has 1 aliphatic heterocycles. The summed E-state index contributed by atoms with van der Waals surface area (Å²) in [6.45, 7) is 0.939. The lowest BCUT2D eigenvalue weighted by Gasteiger charge is -2.26. The summed E-state index contributed by atoms with van der Waals surface area (Å²) < 4.78 is 32.0. The molecule has 0 bridgehead atoms. The zero-order valence-electron chi connectivity index (χ0n) is 13.1. The average Bonchev–Trinajstić information content (AvgIpc) is 2.57. The number of guanidine groups is 1. The fourth-order valence-corrected chi connectivity index (χ4v) is 2.74. The molecule has 1 unspecified atom stereocenters. The van der Waals surface area contributed by atoms with Crippen molar-refractivity contribution >= 4 is 5.96 Å². The Bertz CT molecular complexity index is 749. The number of halogens is 2. The molecule has 4 nitrogen and oxygen atoms in total. The molecule has 2 aromatic rings. The molecule has 1 atom stereocenters. The van der Waals surface area contributed by atoms with Crippen molar-refractivity contribution in [3.05, 3.63) is 65.2 Å². The molecule has 0 aromatic heterocycles. The monoisotopic (exact) mass is 331 g/mol. The van der Waals surface area contributed by atoms with Crippen molar-refractivity contribution in [3.8, 4) is 5.75 Å². The van der Waals surface area contributed by atoms with Crippen LogP contribution >= 0.6 is 0 Å². The number of fused-ring (bicyclic) bond motifs is 1. The van der Waals surface area contributed by atoms with Gasteiger partial charge in [0.1, 0.15) is 17.4 Å². The minimum atomic E-state index is -0.584. The van der Waals surface area contributed by atoms with Crippen LogP contribution in [0.4, 0.5) is 8.78 Å². The van der Waals surface area contributed by atoms with E-state index in [0.717, 1.165) is 23.8 Å². The van der Waals surface area contributed by atoms with Gasteiger partial charge in [0.15, 0.2) is 5.96 Å². The molecule has 2 aromatic carbocycles. The Kier molecular flexibility index (Phi) is 4.93. The minimum absolute atomic E-state index is 0.0428. The maximum atomic E-state index is 13.6. The molecule has 1 aliphatic rings. The maximum Gasteiger partial charge on any atom is 0.189 e. The van der Waals surface area contributed by atoms with Crippen LogP contribution in [0.1, 0.15) is 23.6 Å². The van der Waals surface area contributed by atoms with Crippen LogP contribution in [0.3, 0.4) is 0 Å². The Morgan fingerprint density at radius 3 is 2.92 bits per heavy atom. The third kappa shape index (κ3) is 3.82. The Balaban J connectivity index is 1.59. The first-order valence-corrected chi connectivity index (χ1v) is 7.85. The molecule has 0 saturated heterocycles. The summed E-state index contributed by atoms with van der Waals surface area (Å²) in [6.07, 6.45) is 1.15. The van der Waals surface area contributed by atoms with Crippen LogP contribution < -0.4 is 15.8 Å². The quantitative estimate of drug-likeness (QED) is 0.669. The second-order valence-corrected chi connectivity index (χ2v) is 5.62. The van der Waals surface area contributed by atoms with Gasteiger partial charge < -0.3 is 15.8 Å². The van der Waals surface area contributed by atoms with Gasteiger partial charge >= 0.3 is 0 Å². The van der Waals surface area contributed by atoms with Crippen LogP contribution in [0.15, 0.2) is 47.5 Å². The van der Waals surface area contributed by atoms with Crippen molar-refractivity contribution in [1.82, 2.24) is 5.32 Å². The molecule has 1 heterocycles. The summed E-state index contributed by atoms with van der Waals surface area (Å²) in [5.74, 6) is 0.0101. The molecule has 6 heteroatoms. The predicted molar refractivity (Wildman–Crippen MR) is 89.0 cm³/mol. The van der Waals surface area contributed by atoms with Gasteiger partial charge in [0, 0.05) is 24.6 Å². The molecule has 3 N–H and O–H groups in total. The van der Waals surface area contributed by atoms with E-state index in [1.807, 2.05) is 24.3 Å². The lowest BCUT2D eigenvalue weighted by atomic mass is 10.0. The van der Waals surface area contributed by atoms with Gasteiger partial charge in [-0.2, -0.15) is 0 Å². The Hall–Kier alpha value is -2.63. The number of hydrogen-bond donors (Lipinski definition) is 2. The van der Waals surface area contributed by atoms with Gasteiger partial charge in [0.25, 0.3) is 0 Å². The number of nitrogens with one attached hydrogen (secondary N) is 1. The van der Waals surface area contributed by atoms with Gasteiger partial charge in [0.05, 0.1) is 12.6 Å². The van der Waals surface area contributed by atoms with Gasteiger partial charge in [0.2, 0.25) is 0 Å². The van der Waals surface area contributed by atoms with Crippen LogP contribution in [0, 0.1) is 11.6 Å². The summed E-state index contributed by atoms with van der Waals surface area (Å²) in [5, 5.41) is 3.18. The molecule has 0 spiro atoms. The summed E-state index contributed by atoms with van der Waals surface area (Å²) in [5.41, 5.74) is 7.40. The summed E-state index contributed by atoms with van der Waals surface area (Å²) in [4.78, 5) is 4.23. The Morgan fingerprint density at radius 1 is 1.25 bits per heavy atom. The number of nitrogens with two attached hydrogens (primary N) is 1. The van der Waals surface area contributed by atoms with Crippen molar-refractivity contribution in [3.63, 3.8) is 0 Å². The van der Waals surface area contributed by atoms with E-state index < -0.39 is 11.6 Å². The number of para-hydroxylation sites is 1. The lowest BCUT2D eigenvalue weighted by Crippen LogP contribution is -2.37. The van der Waals surface area contributed by atoms with Crippen molar-refractivity contribution in [1.29, 1.82) is 0 Å². The van der Waals surface area contributed by atoms with Crippen LogP contribution in [0.5, 0.6) is 5.75 Å². The Labute approximate surface area is 139 Å². The highest BCUT2D eigenvalue weighted by Crippen LogP contribution is 2.31. The number of aliphatic imine (C=N–C) groups is 1. The second kappa shape index (κ2) is 7.29. The molecule has 0 saturated carbocycles. The van der Waals surface area contributed by atoms with Gasteiger partial charge in [-0.05, 0) is 24.1 Å². The zero-order valence-corrected chi connectivity index (χ0v) is 13.1. The fraction of sp³-hybridized carbons (Fsp3) is 0.278. The first-order chi connectivity index (χ1) is 11.6. The van der Waals surface area contributed by atoms with Crippen LogP contribution in [-0.4, -0.2) is 19.1 Å². The molecule has 3 rings (SSSR count). The SMILES string of the molecule is NC(=NCCc1ccc(F)cc1F)NC1CCOc2ccccc21. The van der Waals surface area contributed by atoms with E-state index in [4.69, 9.17) is 10.5 Å². The number of benzene rings is 2. The number of ether oxygens (including phenoxy) is 1. The van der Waals surface area contributed by atoms with Gasteiger partial charge in [-0.1, -0.05) is 24.3 Å². The van der Waals surface area contributed by atoms with E-state index in [0.29, 0.717) is 31.1 Å². The highest BCUT2D eigenvalue weighted by Gasteiger charge is 2.21. The molecule has 0 fully saturated rings. The van der Waals surface area contributed by atoms with Crippen LogP contribution in [0.25, 0.3) is 0 Å².